The molecule has 0 N–H and O–H groups in total. The van der Waals surface area contributed by atoms with Crippen LogP contribution < -0.4 is 4.74 Å². The van der Waals surface area contributed by atoms with E-state index in [1.54, 1.807) is 0 Å². The van der Waals surface area contributed by atoms with E-state index in [9.17, 15) is 0 Å². The van der Waals surface area contributed by atoms with Gasteiger partial charge in [0.05, 0.1) is 13.1 Å². The van der Waals surface area contributed by atoms with Crippen LogP contribution in [-0.2, 0) is 13.1 Å². The number of hydrogen-bond donors (Lipinski definition) is 0. The van der Waals surface area contributed by atoms with Crippen molar-refractivity contribution in [3.63, 3.8) is 0 Å². The third kappa shape index (κ3) is 4.47. The molecule has 7 heteroatoms. The van der Waals surface area contributed by atoms with Crippen LogP contribution in [0.3, 0.4) is 0 Å². The molecule has 2 aromatic carbocycles. The molecule has 0 radical (unpaired) electrons. The first-order valence-electron chi connectivity index (χ1n) is 6.19. The molecule has 0 atom stereocenters. The van der Waals surface area contributed by atoms with Crippen LogP contribution in [-0.4, -0.2) is 0 Å². The molecule has 2 rings (SSSR count). The molecule has 0 aliphatic carbocycles. The van der Waals surface area contributed by atoms with Crippen molar-refractivity contribution in [2.45, 2.75) is 13.1 Å². The van der Waals surface area contributed by atoms with E-state index in [2.05, 4.69) is 20.1 Å². The largest absolute Gasteiger partial charge is 0.457 e. The number of ether oxygens (including phenoxy) is 1. The van der Waals surface area contributed by atoms with Crippen LogP contribution in [0.15, 0.2) is 58.8 Å². The second-order valence-corrected chi connectivity index (χ2v) is 4.17. The molecule has 104 valence electrons. The van der Waals surface area contributed by atoms with E-state index in [4.69, 9.17) is 15.8 Å². The van der Waals surface area contributed by atoms with Gasteiger partial charge in [-0.05, 0) is 46.5 Å². The fraction of sp³-hybridized carbons (Fsp3) is 0.143. The Morgan fingerprint density at radius 3 is 1.43 bits per heavy atom. The number of rotatable bonds is 6. The molecule has 0 spiro atoms. The minimum atomic E-state index is 0.324. The lowest BCUT2D eigenvalue weighted by Gasteiger charge is -2.06. The van der Waals surface area contributed by atoms with Crippen molar-refractivity contribution in [3.8, 4) is 11.5 Å². The standard InChI is InChI=1S/C14H12N6O/c15-19-17-9-11-1-5-13(6-2-11)21-14-7-3-12(4-8-14)10-18-20-16/h1-8H,9-10H2. The second kappa shape index (κ2) is 7.45. The Morgan fingerprint density at radius 2 is 1.10 bits per heavy atom. The van der Waals surface area contributed by atoms with Crippen LogP contribution in [0.2, 0.25) is 0 Å². The highest BCUT2D eigenvalue weighted by Gasteiger charge is 1.98. The first-order chi connectivity index (χ1) is 10.3. The van der Waals surface area contributed by atoms with Gasteiger partial charge in [-0.1, -0.05) is 34.5 Å². The molecule has 0 aliphatic heterocycles. The Hall–Kier alpha value is -3.14. The zero-order valence-corrected chi connectivity index (χ0v) is 11.1. The Kier molecular flexibility index (Phi) is 5.06. The van der Waals surface area contributed by atoms with E-state index in [0.29, 0.717) is 24.6 Å². The van der Waals surface area contributed by atoms with Crippen LogP contribution in [0.25, 0.3) is 20.9 Å². The van der Waals surface area contributed by atoms with Gasteiger partial charge >= 0.3 is 0 Å². The summed E-state index contributed by atoms with van der Waals surface area (Å²) in [6.07, 6.45) is 0. The highest BCUT2D eigenvalue weighted by Crippen LogP contribution is 2.22. The zero-order valence-electron chi connectivity index (χ0n) is 11.1. The zero-order chi connectivity index (χ0) is 14.9. The molecule has 0 fully saturated rings. The first kappa shape index (κ1) is 14.3. The van der Waals surface area contributed by atoms with Gasteiger partial charge in [0.15, 0.2) is 0 Å². The summed E-state index contributed by atoms with van der Waals surface area (Å²) in [7, 11) is 0. The van der Waals surface area contributed by atoms with Gasteiger partial charge in [0, 0.05) is 9.82 Å². The fourth-order valence-electron chi connectivity index (χ4n) is 1.69. The summed E-state index contributed by atoms with van der Waals surface area (Å²) in [5.74, 6) is 1.39. The van der Waals surface area contributed by atoms with Crippen LogP contribution >= 0.6 is 0 Å². The normalized spacial score (nSPS) is 9.33. The molecule has 0 saturated carbocycles. The summed E-state index contributed by atoms with van der Waals surface area (Å²) >= 11 is 0. The molecular weight excluding hydrogens is 268 g/mol. The maximum Gasteiger partial charge on any atom is 0.127 e. The average Bonchev–Trinajstić information content (AvgIpc) is 2.53. The van der Waals surface area contributed by atoms with Gasteiger partial charge in [-0.15, -0.1) is 0 Å². The summed E-state index contributed by atoms with van der Waals surface area (Å²) in [6.45, 7) is 0.649. The van der Waals surface area contributed by atoms with Gasteiger partial charge in [-0.3, -0.25) is 0 Å². The van der Waals surface area contributed by atoms with Gasteiger partial charge in [-0.25, -0.2) is 0 Å². The molecule has 0 saturated heterocycles. The van der Waals surface area contributed by atoms with E-state index >= 15 is 0 Å². The van der Waals surface area contributed by atoms with Crippen molar-refractivity contribution in [3.05, 3.63) is 80.5 Å². The lowest BCUT2D eigenvalue weighted by atomic mass is 10.2. The van der Waals surface area contributed by atoms with Crippen LogP contribution in [0.4, 0.5) is 0 Å². The van der Waals surface area contributed by atoms with E-state index < -0.39 is 0 Å². The number of nitrogens with zero attached hydrogens (tertiary/aromatic N) is 6. The van der Waals surface area contributed by atoms with Crippen molar-refractivity contribution in [2.24, 2.45) is 10.2 Å². The summed E-state index contributed by atoms with van der Waals surface area (Å²) in [6, 6.07) is 14.7. The van der Waals surface area contributed by atoms with Crippen LogP contribution in [0, 0.1) is 0 Å². The maximum atomic E-state index is 8.26. The maximum absolute atomic E-state index is 8.26. The molecule has 21 heavy (non-hydrogen) atoms. The summed E-state index contributed by atoms with van der Waals surface area (Å²) in [5, 5.41) is 6.99. The highest BCUT2D eigenvalue weighted by atomic mass is 16.5. The van der Waals surface area contributed by atoms with E-state index in [1.165, 1.54) is 0 Å². The first-order valence-corrected chi connectivity index (χ1v) is 6.19. The Labute approximate surface area is 121 Å². The van der Waals surface area contributed by atoms with Crippen LogP contribution in [0.5, 0.6) is 11.5 Å². The third-order valence-corrected chi connectivity index (χ3v) is 2.72. The number of benzene rings is 2. The number of azide groups is 2. The minimum absolute atomic E-state index is 0.324. The SMILES string of the molecule is [N-]=[N+]=NCc1ccc(Oc2ccc(CN=[N+]=[N-])cc2)cc1. The smallest absolute Gasteiger partial charge is 0.127 e. The third-order valence-electron chi connectivity index (χ3n) is 2.72. The van der Waals surface area contributed by atoms with Gasteiger partial charge in [0.25, 0.3) is 0 Å². The quantitative estimate of drug-likeness (QED) is 0.409. The van der Waals surface area contributed by atoms with Crippen molar-refractivity contribution < 1.29 is 4.74 Å². The van der Waals surface area contributed by atoms with Gasteiger partial charge < -0.3 is 4.74 Å². The Morgan fingerprint density at radius 1 is 0.714 bits per heavy atom. The molecule has 2 aromatic rings. The van der Waals surface area contributed by atoms with Crippen molar-refractivity contribution >= 4 is 0 Å². The van der Waals surface area contributed by atoms with E-state index in [1.807, 2.05) is 48.5 Å². The highest BCUT2D eigenvalue weighted by molar-refractivity contribution is 5.34. The molecule has 0 aromatic heterocycles. The van der Waals surface area contributed by atoms with E-state index in [0.717, 1.165) is 11.1 Å². The molecule has 0 aliphatic rings. The van der Waals surface area contributed by atoms with Gasteiger partial charge in [-0.2, -0.15) is 0 Å². The summed E-state index contributed by atoms with van der Waals surface area (Å²) in [5.41, 5.74) is 18.4. The molecule has 7 nitrogen and oxygen atoms in total. The van der Waals surface area contributed by atoms with Crippen LogP contribution in [0.1, 0.15) is 11.1 Å². The lowest BCUT2D eigenvalue weighted by molar-refractivity contribution is 0.482. The summed E-state index contributed by atoms with van der Waals surface area (Å²) < 4.78 is 5.69. The van der Waals surface area contributed by atoms with Gasteiger partial charge in [0.2, 0.25) is 0 Å². The van der Waals surface area contributed by atoms with E-state index in [-0.39, 0.29) is 0 Å². The topological polar surface area (TPSA) is 107 Å². The fourth-order valence-corrected chi connectivity index (χ4v) is 1.69. The van der Waals surface area contributed by atoms with Gasteiger partial charge in [0.1, 0.15) is 11.5 Å². The predicted molar refractivity (Wildman–Crippen MR) is 78.7 cm³/mol. The Balaban J connectivity index is 2.00. The predicted octanol–water partition coefficient (Wildman–Crippen LogP) is 5.10. The average molecular weight is 280 g/mol. The molecular formula is C14H12N6O. The monoisotopic (exact) mass is 280 g/mol. The van der Waals surface area contributed by atoms with Crippen molar-refractivity contribution in [2.75, 3.05) is 0 Å². The molecule has 0 bridgehead atoms. The second-order valence-electron chi connectivity index (χ2n) is 4.17. The molecule has 0 unspecified atom stereocenters. The lowest BCUT2D eigenvalue weighted by Crippen LogP contribution is -1.86. The summed E-state index contributed by atoms with van der Waals surface area (Å²) in [4.78, 5) is 5.43. The number of hydrogen-bond acceptors (Lipinski definition) is 3. The molecule has 0 heterocycles. The van der Waals surface area contributed by atoms with Crippen molar-refractivity contribution in [1.29, 1.82) is 0 Å². The van der Waals surface area contributed by atoms with Crippen molar-refractivity contribution in [1.82, 2.24) is 0 Å². The molecule has 0 amide bonds. The minimum Gasteiger partial charge on any atom is -0.457 e. The Bertz CT molecular complexity index is 621.